The molecule has 15 nitrogen and oxygen atoms in total. The Labute approximate surface area is 370 Å². The van der Waals surface area contributed by atoms with Crippen molar-refractivity contribution < 1.29 is 37.1 Å². The van der Waals surface area contributed by atoms with Gasteiger partial charge in [-0.25, -0.2) is 14.5 Å². The third-order valence-corrected chi connectivity index (χ3v) is 14.7. The zero-order valence-electron chi connectivity index (χ0n) is 38.1. The molecule has 2 N–H and O–H groups in total. The number of alkyl carbamates (subject to hydrolysis) is 1. The number of nitrogens with zero attached hydrogens (tertiary/aromatic N) is 5. The molecule has 0 spiro atoms. The van der Waals surface area contributed by atoms with Gasteiger partial charge in [-0.3, -0.25) is 19.0 Å². The molecule has 6 rings (SSSR count). The van der Waals surface area contributed by atoms with Crippen molar-refractivity contribution in [2.45, 2.75) is 155 Å². The summed E-state index contributed by atoms with van der Waals surface area (Å²) in [7, 11) is -1.50. The summed E-state index contributed by atoms with van der Waals surface area (Å²) in [6.45, 7) is 18.0. The molecule has 0 bridgehead atoms. The highest BCUT2D eigenvalue weighted by atomic mass is 32.2. The summed E-state index contributed by atoms with van der Waals surface area (Å²) in [5.74, 6) is -1.41. The van der Waals surface area contributed by atoms with E-state index in [4.69, 9.17) is 19.4 Å². The molecule has 2 aromatic heterocycles. The summed E-state index contributed by atoms with van der Waals surface area (Å²) in [5.41, 5.74) is 1.42. The Morgan fingerprint density at radius 1 is 1.02 bits per heavy atom. The molecule has 17 heteroatoms. The van der Waals surface area contributed by atoms with Gasteiger partial charge in [-0.2, -0.15) is 17.7 Å². The quantitative estimate of drug-likeness (QED) is 0.192. The van der Waals surface area contributed by atoms with Gasteiger partial charge in [0.25, 0.3) is 6.01 Å². The van der Waals surface area contributed by atoms with Gasteiger partial charge < -0.3 is 19.7 Å². The van der Waals surface area contributed by atoms with Gasteiger partial charge in [0.1, 0.15) is 28.3 Å². The summed E-state index contributed by atoms with van der Waals surface area (Å²) >= 11 is 1.67. The van der Waals surface area contributed by atoms with E-state index in [1.54, 1.807) is 32.1 Å². The molecule has 1 aromatic carbocycles. The van der Waals surface area contributed by atoms with Crippen molar-refractivity contribution in [1.82, 2.24) is 33.8 Å². The van der Waals surface area contributed by atoms with E-state index in [0.29, 0.717) is 31.2 Å². The molecule has 0 radical (unpaired) electrons. The van der Waals surface area contributed by atoms with E-state index in [0.717, 1.165) is 44.4 Å². The van der Waals surface area contributed by atoms with E-state index in [1.165, 1.54) is 23.9 Å². The molecule has 4 heterocycles. The number of imidazole rings is 1. The first-order valence-electron chi connectivity index (χ1n) is 22.0. The number of amides is 3. The second kappa shape index (κ2) is 18.4. The van der Waals surface area contributed by atoms with Crippen molar-refractivity contribution in [3.63, 3.8) is 0 Å². The maximum Gasteiger partial charge on any atom is 0.408 e. The fraction of sp³-hybridized carbons (Fsp3) is 0.644. The number of ether oxygens (including phenoxy) is 2. The van der Waals surface area contributed by atoms with Crippen molar-refractivity contribution in [2.75, 3.05) is 20.6 Å². The van der Waals surface area contributed by atoms with Crippen LogP contribution in [0.3, 0.4) is 0 Å². The first kappa shape index (κ1) is 47.1. The van der Waals surface area contributed by atoms with Gasteiger partial charge in [0.15, 0.2) is 5.78 Å². The Morgan fingerprint density at radius 2 is 1.74 bits per heavy atom. The van der Waals surface area contributed by atoms with Crippen molar-refractivity contribution in [2.24, 2.45) is 11.3 Å². The second-order valence-electron chi connectivity index (χ2n) is 19.2. The largest absolute Gasteiger partial charge is 0.459 e. The number of aromatic nitrogens is 3. The number of carbonyl (C=O) groups is 4. The van der Waals surface area contributed by atoms with E-state index >= 15 is 0 Å². The van der Waals surface area contributed by atoms with E-state index in [9.17, 15) is 27.6 Å². The highest BCUT2D eigenvalue weighted by Gasteiger charge is 2.61. The average molecular weight is 896 g/mol. The molecule has 1 aliphatic carbocycles. The number of para-hydroxylation sites is 1. The molecule has 5 atom stereocenters. The molecule has 1 saturated carbocycles. The van der Waals surface area contributed by atoms with Crippen molar-refractivity contribution in [1.29, 1.82) is 0 Å². The molecular formula is C45H65N7O8S2. The van der Waals surface area contributed by atoms with Crippen LogP contribution in [0.15, 0.2) is 30.4 Å². The summed E-state index contributed by atoms with van der Waals surface area (Å²) < 4.78 is 43.2. The van der Waals surface area contributed by atoms with Crippen LogP contribution in [0.2, 0.25) is 0 Å². The molecule has 62 heavy (non-hydrogen) atoms. The number of nitrogens with one attached hydrogen (secondary N) is 2. The number of Topliss-reactive ketones (excluding diaryl/α,β-unsaturated/α-hetero) is 1. The van der Waals surface area contributed by atoms with Gasteiger partial charge >= 0.3 is 16.3 Å². The van der Waals surface area contributed by atoms with Crippen LogP contribution in [-0.4, -0.2) is 100 Å². The molecular weight excluding hydrogens is 831 g/mol. The second-order valence-corrected chi connectivity index (χ2v) is 22.1. The van der Waals surface area contributed by atoms with Crippen molar-refractivity contribution >= 4 is 56.3 Å². The number of carbonyl (C=O) groups excluding carboxylic acids is 4. The predicted octanol–water partition coefficient (Wildman–Crippen LogP) is 7.64. The summed E-state index contributed by atoms with van der Waals surface area (Å²) in [6.07, 6.45) is 5.75. The van der Waals surface area contributed by atoms with Crippen LogP contribution in [0, 0.1) is 11.3 Å². The van der Waals surface area contributed by atoms with Crippen LogP contribution in [0.5, 0.6) is 6.01 Å². The Balaban J connectivity index is 1.38. The highest BCUT2D eigenvalue weighted by Crippen LogP contribution is 2.57. The number of thiazole rings is 1. The van der Waals surface area contributed by atoms with Gasteiger partial charge in [-0.15, -0.1) is 11.3 Å². The van der Waals surface area contributed by atoms with E-state index < -0.39 is 63.1 Å². The normalized spacial score (nSPS) is 24.5. The number of allylic oxidation sites excluding steroid dienone is 2. The first-order valence-corrected chi connectivity index (χ1v) is 24.2. The Bertz CT molecular complexity index is 2280. The Kier molecular flexibility index (Phi) is 14.0. The maximum absolute atomic E-state index is 14.8. The van der Waals surface area contributed by atoms with Crippen LogP contribution in [0.4, 0.5) is 4.79 Å². The maximum atomic E-state index is 14.8. The molecule has 340 valence electrons. The lowest BCUT2D eigenvalue weighted by atomic mass is 9.91. The minimum absolute atomic E-state index is 0.00933. The van der Waals surface area contributed by atoms with Gasteiger partial charge in [0.2, 0.25) is 11.8 Å². The topological polar surface area (TPSA) is 182 Å². The zero-order chi connectivity index (χ0) is 45.5. The lowest BCUT2D eigenvalue weighted by molar-refractivity contribution is -0.140. The zero-order valence-corrected chi connectivity index (χ0v) is 39.7. The molecule has 3 aliphatic rings. The van der Waals surface area contributed by atoms with Gasteiger partial charge in [-0.1, -0.05) is 58.8 Å². The van der Waals surface area contributed by atoms with Crippen LogP contribution >= 0.6 is 11.3 Å². The number of rotatable bonds is 10. The third kappa shape index (κ3) is 10.2. The number of hydrogen-bond donors (Lipinski definition) is 2. The van der Waals surface area contributed by atoms with Crippen molar-refractivity contribution in [3.05, 3.63) is 40.9 Å². The summed E-state index contributed by atoms with van der Waals surface area (Å²) in [4.78, 5) is 69.5. The van der Waals surface area contributed by atoms with E-state index in [2.05, 4.69) is 37.7 Å². The molecule has 2 fully saturated rings. The SMILES string of the molecule is CC(C)c1nc(-c2cccc3c2nc(O[C@@H]2C[C@H]4C(=O)C[C@]5(C(=O)NS(=O)(=O)N(C)C)C[C@@H]5/C=C\CCCCC[C@H](NC(=O)OC(C)(C)C)C(=O)N4C2)n3C(C)C)sc1C(C)C. The van der Waals surface area contributed by atoms with E-state index in [-0.39, 0.29) is 43.7 Å². The minimum atomic E-state index is -4.15. The standard InChI is InChI=1S/C45H65N7O8S2/c1-26(2)36-38(27(3)4)61-39(47-36)31-19-17-21-33-37(31)48-42(52(33)28(5)6)59-30-22-34-35(53)24-45(41(55)49-62(57,58)50(10)11)23-29(45)18-15-13-12-14-16-20-32(40(54)51(34)25-30)46-43(56)60-44(7,8)9/h15,17-19,21,26-30,32,34H,12-14,16,20,22-25H2,1-11H3,(H,46,56)(H,49,55)/b18-15-/t29-,30+,32-,34-,45+/m0/s1. The Hall–Kier alpha value is -4.35. The number of hydrogen-bond acceptors (Lipinski definition) is 11. The van der Waals surface area contributed by atoms with Gasteiger partial charge in [0, 0.05) is 43.4 Å². The molecule has 3 aromatic rings. The van der Waals surface area contributed by atoms with Crippen LogP contribution in [0.1, 0.15) is 142 Å². The van der Waals surface area contributed by atoms with Crippen LogP contribution in [-0.2, 0) is 29.3 Å². The van der Waals surface area contributed by atoms with Crippen molar-refractivity contribution in [3.8, 4) is 16.6 Å². The fourth-order valence-electron chi connectivity index (χ4n) is 8.54. The highest BCUT2D eigenvalue weighted by molar-refractivity contribution is 7.87. The fourth-order valence-corrected chi connectivity index (χ4v) is 10.4. The average Bonchev–Trinajstić information content (AvgIpc) is 3.50. The first-order chi connectivity index (χ1) is 29.0. The summed E-state index contributed by atoms with van der Waals surface area (Å²) in [5, 5.41) is 3.67. The van der Waals surface area contributed by atoms with E-state index in [1.807, 2.05) is 48.8 Å². The van der Waals surface area contributed by atoms with Gasteiger partial charge in [0.05, 0.1) is 29.2 Å². The lowest BCUT2D eigenvalue weighted by Crippen LogP contribution is -2.53. The molecule has 2 aliphatic heterocycles. The number of fused-ring (bicyclic) bond motifs is 3. The predicted molar refractivity (Wildman–Crippen MR) is 240 cm³/mol. The monoisotopic (exact) mass is 895 g/mol. The third-order valence-electron chi connectivity index (χ3n) is 11.9. The lowest BCUT2D eigenvalue weighted by Gasteiger charge is -2.30. The van der Waals surface area contributed by atoms with Crippen LogP contribution < -0.4 is 14.8 Å². The van der Waals surface area contributed by atoms with Gasteiger partial charge in [-0.05, 0) is 90.2 Å². The number of benzene rings is 1. The van der Waals surface area contributed by atoms with Crippen LogP contribution in [0.25, 0.3) is 21.6 Å². The summed E-state index contributed by atoms with van der Waals surface area (Å²) in [6, 6.07) is 4.24. The molecule has 3 amide bonds. The minimum Gasteiger partial charge on any atom is -0.459 e. The molecule has 1 saturated heterocycles. The smallest absolute Gasteiger partial charge is 0.408 e. The Morgan fingerprint density at radius 3 is 2.37 bits per heavy atom. The number of ketones is 1. The molecule has 0 unspecified atom stereocenters.